The van der Waals surface area contributed by atoms with Crippen molar-refractivity contribution in [1.29, 1.82) is 0 Å². The molecule has 0 atom stereocenters. The van der Waals surface area contributed by atoms with Gasteiger partial charge >= 0.3 is 6.18 Å². The molecule has 1 nitrogen and oxygen atoms in total. The number of benzene rings is 1. The fourth-order valence-electron chi connectivity index (χ4n) is 2.24. The molecule has 0 fully saturated rings. The van der Waals surface area contributed by atoms with Crippen LogP contribution >= 0.6 is 0 Å². The monoisotopic (exact) mass is 295 g/mol. The van der Waals surface area contributed by atoms with E-state index < -0.39 is 11.7 Å². The molecule has 0 aliphatic heterocycles. The zero-order valence-electron chi connectivity index (χ0n) is 11.6. The third kappa shape index (κ3) is 4.69. The van der Waals surface area contributed by atoms with Gasteiger partial charge in [0.1, 0.15) is 6.54 Å². The molecular formula is C14H21ClF3N. The lowest BCUT2D eigenvalue weighted by Gasteiger charge is -2.36. The smallest absolute Gasteiger partial charge is 0.416 e. The molecule has 0 heterocycles. The molecule has 0 bridgehead atoms. The van der Waals surface area contributed by atoms with Gasteiger partial charge in [-0.05, 0) is 32.9 Å². The minimum absolute atomic E-state index is 0. The number of hydrogen-bond donors (Lipinski definition) is 0. The summed E-state index contributed by atoms with van der Waals surface area (Å²) in [7, 11) is 0. The highest BCUT2D eigenvalue weighted by Crippen LogP contribution is 2.30. The van der Waals surface area contributed by atoms with E-state index in [9.17, 15) is 13.2 Å². The summed E-state index contributed by atoms with van der Waals surface area (Å²) in [5.41, 5.74) is 0.205. The SMILES string of the molecule is CC[N+](CC)(CC)Cc1cccc(C(F)(F)F)c1.[Cl-]. The van der Waals surface area contributed by atoms with Crippen molar-refractivity contribution in [1.82, 2.24) is 0 Å². The van der Waals surface area contributed by atoms with Crippen LogP contribution in [0.4, 0.5) is 13.2 Å². The van der Waals surface area contributed by atoms with Crippen LogP contribution in [-0.2, 0) is 12.7 Å². The molecule has 0 aliphatic rings. The second-order valence-corrected chi connectivity index (χ2v) is 4.65. The molecule has 19 heavy (non-hydrogen) atoms. The Balaban J connectivity index is 0.00000324. The molecule has 1 rings (SSSR count). The van der Waals surface area contributed by atoms with E-state index in [0.717, 1.165) is 35.7 Å². The van der Waals surface area contributed by atoms with Crippen LogP contribution in [0.25, 0.3) is 0 Å². The van der Waals surface area contributed by atoms with Crippen molar-refractivity contribution in [2.75, 3.05) is 19.6 Å². The zero-order valence-corrected chi connectivity index (χ0v) is 12.4. The standard InChI is InChI=1S/C14H21F3N.ClH/c1-4-18(5-2,6-3)11-12-8-7-9-13(10-12)14(15,16)17;/h7-10H,4-6,11H2,1-3H3;1H/q+1;/p-1. The van der Waals surface area contributed by atoms with Crippen molar-refractivity contribution in [2.24, 2.45) is 0 Å². The Hall–Kier alpha value is -0.740. The first kappa shape index (κ1) is 18.3. The van der Waals surface area contributed by atoms with Gasteiger partial charge in [0.15, 0.2) is 0 Å². The summed E-state index contributed by atoms with van der Waals surface area (Å²) in [4.78, 5) is 0. The van der Waals surface area contributed by atoms with Crippen molar-refractivity contribution in [3.8, 4) is 0 Å². The Morgan fingerprint density at radius 3 is 1.95 bits per heavy atom. The van der Waals surface area contributed by atoms with Crippen molar-refractivity contribution < 1.29 is 30.1 Å². The third-order valence-corrected chi connectivity index (χ3v) is 3.78. The van der Waals surface area contributed by atoms with E-state index in [-0.39, 0.29) is 12.4 Å². The molecule has 5 heteroatoms. The van der Waals surface area contributed by atoms with Gasteiger partial charge in [-0.1, -0.05) is 12.1 Å². The lowest BCUT2D eigenvalue weighted by atomic mass is 10.1. The lowest BCUT2D eigenvalue weighted by Crippen LogP contribution is -3.00. The molecule has 0 aromatic heterocycles. The van der Waals surface area contributed by atoms with Gasteiger partial charge < -0.3 is 16.9 Å². The summed E-state index contributed by atoms with van der Waals surface area (Å²) in [6.45, 7) is 9.71. The van der Waals surface area contributed by atoms with E-state index in [1.807, 2.05) is 0 Å². The largest absolute Gasteiger partial charge is 1.00 e. The number of quaternary nitrogens is 1. The van der Waals surface area contributed by atoms with Crippen molar-refractivity contribution in [3.05, 3.63) is 35.4 Å². The van der Waals surface area contributed by atoms with E-state index in [1.165, 1.54) is 12.1 Å². The van der Waals surface area contributed by atoms with Gasteiger partial charge in [-0.3, -0.25) is 0 Å². The quantitative estimate of drug-likeness (QED) is 0.714. The Morgan fingerprint density at radius 1 is 1.00 bits per heavy atom. The van der Waals surface area contributed by atoms with Crippen LogP contribution in [0.3, 0.4) is 0 Å². The Bertz CT molecular complexity index is 378. The van der Waals surface area contributed by atoms with Crippen molar-refractivity contribution >= 4 is 0 Å². The number of alkyl halides is 3. The summed E-state index contributed by atoms with van der Waals surface area (Å²) in [5.74, 6) is 0. The first-order valence-corrected chi connectivity index (χ1v) is 6.38. The topological polar surface area (TPSA) is 0 Å². The van der Waals surface area contributed by atoms with Crippen molar-refractivity contribution in [2.45, 2.75) is 33.5 Å². The number of rotatable bonds is 5. The molecular weight excluding hydrogens is 275 g/mol. The highest BCUT2D eigenvalue weighted by atomic mass is 35.5. The molecule has 0 N–H and O–H groups in total. The molecule has 0 amide bonds. The number of halogens is 4. The van der Waals surface area contributed by atoms with Gasteiger partial charge in [-0.2, -0.15) is 13.2 Å². The molecule has 0 spiro atoms. The Labute approximate surface area is 119 Å². The van der Waals surface area contributed by atoms with E-state index in [0.29, 0.717) is 6.54 Å². The summed E-state index contributed by atoms with van der Waals surface area (Å²) < 4.78 is 38.7. The summed E-state index contributed by atoms with van der Waals surface area (Å²) in [5, 5.41) is 0. The van der Waals surface area contributed by atoms with Gasteiger partial charge in [-0.25, -0.2) is 0 Å². The Morgan fingerprint density at radius 2 is 1.53 bits per heavy atom. The minimum Gasteiger partial charge on any atom is -1.00 e. The Kier molecular flexibility index (Phi) is 6.87. The van der Waals surface area contributed by atoms with E-state index in [2.05, 4.69) is 20.8 Å². The highest BCUT2D eigenvalue weighted by Gasteiger charge is 2.31. The molecule has 0 radical (unpaired) electrons. The van der Waals surface area contributed by atoms with E-state index in [4.69, 9.17) is 0 Å². The first-order valence-electron chi connectivity index (χ1n) is 6.38. The van der Waals surface area contributed by atoms with Crippen LogP contribution in [0.5, 0.6) is 0 Å². The highest BCUT2D eigenvalue weighted by molar-refractivity contribution is 5.25. The predicted molar refractivity (Wildman–Crippen MR) is 67.0 cm³/mol. The second-order valence-electron chi connectivity index (χ2n) is 4.65. The zero-order chi connectivity index (χ0) is 13.8. The van der Waals surface area contributed by atoms with E-state index >= 15 is 0 Å². The first-order chi connectivity index (χ1) is 8.37. The van der Waals surface area contributed by atoms with Crippen molar-refractivity contribution in [3.63, 3.8) is 0 Å². The lowest BCUT2D eigenvalue weighted by molar-refractivity contribution is -0.936. The van der Waals surface area contributed by atoms with Crippen LogP contribution < -0.4 is 12.4 Å². The molecule has 0 saturated heterocycles. The maximum Gasteiger partial charge on any atom is 0.416 e. The van der Waals surface area contributed by atoms with Crippen LogP contribution in [0.2, 0.25) is 0 Å². The van der Waals surface area contributed by atoms with Crippen LogP contribution in [0, 0.1) is 0 Å². The summed E-state index contributed by atoms with van der Waals surface area (Å²) >= 11 is 0. The van der Waals surface area contributed by atoms with Gasteiger partial charge in [0.2, 0.25) is 0 Å². The summed E-state index contributed by atoms with van der Waals surface area (Å²) in [6.07, 6.45) is -4.25. The maximum atomic E-state index is 12.6. The van der Waals surface area contributed by atoms with Gasteiger partial charge in [0.25, 0.3) is 0 Å². The average Bonchev–Trinajstić information content (AvgIpc) is 2.35. The fraction of sp³-hybridized carbons (Fsp3) is 0.571. The molecule has 1 aromatic rings. The predicted octanol–water partition coefficient (Wildman–Crippen LogP) is 1.09. The minimum atomic E-state index is -4.25. The second kappa shape index (κ2) is 7.15. The van der Waals surface area contributed by atoms with Gasteiger partial charge in [0.05, 0.1) is 25.2 Å². The number of hydrogen-bond acceptors (Lipinski definition) is 0. The van der Waals surface area contributed by atoms with Gasteiger partial charge in [-0.15, -0.1) is 0 Å². The van der Waals surface area contributed by atoms with Gasteiger partial charge in [0, 0.05) is 5.56 Å². The van der Waals surface area contributed by atoms with E-state index in [1.54, 1.807) is 6.07 Å². The molecule has 1 aromatic carbocycles. The average molecular weight is 296 g/mol. The van der Waals surface area contributed by atoms with Crippen LogP contribution in [0.15, 0.2) is 24.3 Å². The fourth-order valence-corrected chi connectivity index (χ4v) is 2.24. The molecule has 0 aliphatic carbocycles. The third-order valence-electron chi connectivity index (χ3n) is 3.78. The van der Waals surface area contributed by atoms with Crippen LogP contribution in [0.1, 0.15) is 31.9 Å². The maximum absolute atomic E-state index is 12.6. The molecule has 0 saturated carbocycles. The number of nitrogens with zero attached hydrogens (tertiary/aromatic N) is 1. The van der Waals surface area contributed by atoms with Crippen LogP contribution in [-0.4, -0.2) is 24.1 Å². The normalized spacial score (nSPS) is 12.1. The molecule has 110 valence electrons. The molecule has 0 unspecified atom stereocenters. The summed E-state index contributed by atoms with van der Waals surface area (Å²) in [6, 6.07) is 5.67.